The summed E-state index contributed by atoms with van der Waals surface area (Å²) in [6.45, 7) is 0. The van der Waals surface area contributed by atoms with Crippen LogP contribution in [0.5, 0.6) is 0 Å². The third-order valence-corrected chi connectivity index (χ3v) is 1.43. The summed E-state index contributed by atoms with van der Waals surface area (Å²) in [7, 11) is 0. The fourth-order valence-corrected chi connectivity index (χ4v) is 0.720. The number of hydrogen-bond donors (Lipinski definition) is 1. The lowest BCUT2D eigenvalue weighted by molar-refractivity contribution is -0.205. The number of carboxylic acids is 1. The molecule has 6 heteroatoms. The first-order valence-corrected chi connectivity index (χ1v) is 3.68. The highest BCUT2D eigenvalue weighted by Crippen LogP contribution is 2.23. The number of allylic oxidation sites excluding steroid dienone is 2. The summed E-state index contributed by atoms with van der Waals surface area (Å²) >= 11 is 4.88. The molecule has 0 aromatic heterocycles. The van der Waals surface area contributed by atoms with Crippen LogP contribution in [-0.2, 0) is 14.3 Å². The predicted molar refractivity (Wildman–Crippen MR) is 41.6 cm³/mol. The lowest BCUT2D eigenvalue weighted by Crippen LogP contribution is -2.35. The van der Waals surface area contributed by atoms with Crippen molar-refractivity contribution in [3.05, 3.63) is 24.5 Å². The van der Waals surface area contributed by atoms with Crippen molar-refractivity contribution in [2.75, 3.05) is 0 Å². The van der Waals surface area contributed by atoms with Crippen molar-refractivity contribution in [1.29, 1.82) is 0 Å². The zero-order chi connectivity index (χ0) is 9.90. The average molecular weight is 209 g/mol. The molecule has 0 fully saturated rings. The zero-order valence-electron chi connectivity index (χ0n) is 6.31. The van der Waals surface area contributed by atoms with Crippen molar-refractivity contribution in [2.24, 2.45) is 0 Å². The van der Waals surface area contributed by atoms with Gasteiger partial charge in [-0.15, -0.1) is 0 Å². The maximum atomic E-state index is 12.8. The average Bonchev–Trinajstić information content (AvgIpc) is 2.05. The minimum Gasteiger partial charge on any atom is -0.476 e. The highest BCUT2D eigenvalue weighted by atomic mass is 35.5. The summed E-state index contributed by atoms with van der Waals surface area (Å²) < 4.78 is 21.8. The third-order valence-electron chi connectivity index (χ3n) is 1.18. The van der Waals surface area contributed by atoms with Gasteiger partial charge in [0.05, 0.1) is 6.26 Å². The van der Waals surface area contributed by atoms with Gasteiger partial charge in [0, 0.05) is 0 Å². The molecule has 1 rings (SSSR count). The Morgan fingerprint density at radius 2 is 2.38 bits per heavy atom. The Morgan fingerprint density at radius 1 is 1.69 bits per heavy atom. The number of aliphatic carboxylic acids is 1. The summed E-state index contributed by atoms with van der Waals surface area (Å²) in [5.41, 5.74) is 0. The van der Waals surface area contributed by atoms with Gasteiger partial charge in [-0.1, -0.05) is 6.08 Å². The summed E-state index contributed by atoms with van der Waals surface area (Å²) in [5, 5.41) is 4.98. The first-order valence-electron chi connectivity index (χ1n) is 3.30. The molecule has 0 aromatic rings. The van der Waals surface area contributed by atoms with Crippen LogP contribution in [0.2, 0.25) is 0 Å². The van der Waals surface area contributed by atoms with E-state index < -0.39 is 17.6 Å². The van der Waals surface area contributed by atoms with Gasteiger partial charge < -0.3 is 9.84 Å². The van der Waals surface area contributed by atoms with Gasteiger partial charge in [0.1, 0.15) is 0 Å². The molecule has 0 radical (unpaired) electrons. The number of alkyl halides is 2. The van der Waals surface area contributed by atoms with Crippen LogP contribution in [0, 0.1) is 0 Å². The maximum absolute atomic E-state index is 12.8. The number of rotatable bonds is 3. The second-order valence-corrected chi connectivity index (χ2v) is 2.64. The second kappa shape index (κ2) is 3.76. The monoisotopic (exact) mass is 208 g/mol. The topological polar surface area (TPSA) is 55.8 Å². The van der Waals surface area contributed by atoms with Gasteiger partial charge in [-0.3, -0.25) is 4.74 Å². The Labute approximate surface area is 78.2 Å². The molecule has 2 atom stereocenters. The van der Waals surface area contributed by atoms with E-state index in [4.69, 9.17) is 16.7 Å². The van der Waals surface area contributed by atoms with Crippen molar-refractivity contribution in [3.63, 3.8) is 0 Å². The Kier molecular flexibility index (Phi) is 2.90. The number of carbonyl (C=O) groups is 1. The number of carboxylic acid groups (broad SMARTS) is 1. The van der Waals surface area contributed by atoms with Crippen LogP contribution < -0.4 is 0 Å². The van der Waals surface area contributed by atoms with Crippen LogP contribution in [0.1, 0.15) is 0 Å². The first kappa shape index (κ1) is 10.0. The molecule has 72 valence electrons. The number of ether oxygens (including phenoxy) is 2. The van der Waals surface area contributed by atoms with Crippen LogP contribution in [0.4, 0.5) is 4.39 Å². The van der Waals surface area contributed by atoms with Gasteiger partial charge in [-0.25, -0.2) is 4.79 Å². The standard InChI is InChI=1S/C7H6ClFO4/c8-7(9,6(10)11)13-5-3-1-2-4-12-5/h1-5H,(H,10,11). The Balaban J connectivity index is 2.53. The molecule has 1 heterocycles. The molecular formula is C7H6ClFO4. The van der Waals surface area contributed by atoms with Crippen molar-refractivity contribution < 1.29 is 23.8 Å². The van der Waals surface area contributed by atoms with Crippen molar-refractivity contribution in [1.82, 2.24) is 0 Å². The maximum Gasteiger partial charge on any atom is 0.388 e. The van der Waals surface area contributed by atoms with Gasteiger partial charge >= 0.3 is 11.3 Å². The van der Waals surface area contributed by atoms with Crippen molar-refractivity contribution in [2.45, 2.75) is 11.6 Å². The summed E-state index contributed by atoms with van der Waals surface area (Å²) in [6.07, 6.45) is 4.49. The van der Waals surface area contributed by atoms with Crippen molar-refractivity contribution >= 4 is 17.6 Å². The van der Waals surface area contributed by atoms with E-state index in [0.29, 0.717) is 0 Å². The molecule has 1 aliphatic rings. The van der Waals surface area contributed by atoms with Crippen LogP contribution in [0.25, 0.3) is 0 Å². The lowest BCUT2D eigenvalue weighted by atomic mass is 10.4. The van der Waals surface area contributed by atoms with E-state index in [2.05, 4.69) is 9.47 Å². The summed E-state index contributed by atoms with van der Waals surface area (Å²) in [5.74, 6) is -1.92. The van der Waals surface area contributed by atoms with E-state index in [1.165, 1.54) is 24.5 Å². The van der Waals surface area contributed by atoms with Gasteiger partial charge in [0.2, 0.25) is 6.29 Å². The van der Waals surface area contributed by atoms with E-state index >= 15 is 0 Å². The highest BCUT2D eigenvalue weighted by Gasteiger charge is 2.40. The molecule has 0 aromatic carbocycles. The van der Waals surface area contributed by atoms with E-state index in [-0.39, 0.29) is 0 Å². The van der Waals surface area contributed by atoms with Gasteiger partial charge in [-0.05, 0) is 23.8 Å². The molecular weight excluding hydrogens is 203 g/mol. The molecule has 0 bridgehead atoms. The molecule has 4 nitrogen and oxygen atoms in total. The molecule has 0 spiro atoms. The fraction of sp³-hybridized carbons (Fsp3) is 0.286. The minimum absolute atomic E-state index is 1.12. The Hall–Kier alpha value is -1.07. The largest absolute Gasteiger partial charge is 0.476 e. The normalized spacial score (nSPS) is 24.9. The highest BCUT2D eigenvalue weighted by molar-refractivity contribution is 6.31. The molecule has 0 saturated carbocycles. The summed E-state index contributed by atoms with van der Waals surface area (Å²) in [4.78, 5) is 10.2. The summed E-state index contributed by atoms with van der Waals surface area (Å²) in [6, 6.07) is 0. The molecule has 13 heavy (non-hydrogen) atoms. The number of hydrogen-bond acceptors (Lipinski definition) is 3. The van der Waals surface area contributed by atoms with Gasteiger partial charge in [0.25, 0.3) is 0 Å². The van der Waals surface area contributed by atoms with Gasteiger partial charge in [0.15, 0.2) is 0 Å². The number of halogens is 2. The Morgan fingerprint density at radius 3 is 2.85 bits per heavy atom. The minimum atomic E-state index is -3.26. The third kappa shape index (κ3) is 2.71. The van der Waals surface area contributed by atoms with E-state index in [9.17, 15) is 9.18 Å². The van der Waals surface area contributed by atoms with Crippen LogP contribution >= 0.6 is 11.6 Å². The van der Waals surface area contributed by atoms with Crippen LogP contribution in [-0.4, -0.2) is 22.7 Å². The Bertz CT molecular complexity index is 261. The predicted octanol–water partition coefficient (Wildman–Crippen LogP) is 1.38. The smallest absolute Gasteiger partial charge is 0.388 e. The fourth-order valence-electron chi connectivity index (χ4n) is 0.632. The van der Waals surface area contributed by atoms with Crippen LogP contribution in [0.15, 0.2) is 24.5 Å². The SMILES string of the molecule is O=C(O)C(F)(Cl)OC1C=CC=CO1. The van der Waals surface area contributed by atoms with E-state index in [1.807, 2.05) is 0 Å². The lowest BCUT2D eigenvalue weighted by Gasteiger charge is -2.20. The van der Waals surface area contributed by atoms with Crippen molar-refractivity contribution in [3.8, 4) is 0 Å². The zero-order valence-corrected chi connectivity index (χ0v) is 7.07. The molecule has 0 saturated heterocycles. The second-order valence-electron chi connectivity index (χ2n) is 2.16. The first-order chi connectivity index (χ1) is 6.02. The molecule has 0 amide bonds. The molecule has 2 unspecified atom stereocenters. The quantitative estimate of drug-likeness (QED) is 0.712. The van der Waals surface area contributed by atoms with E-state index in [0.717, 1.165) is 0 Å². The van der Waals surface area contributed by atoms with E-state index in [1.54, 1.807) is 0 Å². The molecule has 1 aliphatic heterocycles. The van der Waals surface area contributed by atoms with Gasteiger partial charge in [-0.2, -0.15) is 4.39 Å². The molecule has 0 aliphatic carbocycles. The molecule has 1 N–H and O–H groups in total. The van der Waals surface area contributed by atoms with Crippen LogP contribution in [0.3, 0.4) is 0 Å².